The highest BCUT2D eigenvalue weighted by Crippen LogP contribution is 2.21. The number of aliphatic hydroxyl groups excluding tert-OH is 1. The Morgan fingerprint density at radius 2 is 2.47 bits per heavy atom. The summed E-state index contributed by atoms with van der Waals surface area (Å²) in [6.45, 7) is 0.596. The van der Waals surface area contributed by atoms with Gasteiger partial charge in [-0.1, -0.05) is 11.8 Å². The van der Waals surface area contributed by atoms with Crippen LogP contribution in [0.2, 0.25) is 0 Å². The topological polar surface area (TPSA) is 86.2 Å². The minimum atomic E-state index is 0.0775. The van der Waals surface area contributed by atoms with Gasteiger partial charge in [0.1, 0.15) is 0 Å². The number of aliphatic imine (C=N–C) groups is 1. The van der Waals surface area contributed by atoms with Gasteiger partial charge in [-0.25, -0.2) is 9.98 Å². The van der Waals surface area contributed by atoms with Crippen LogP contribution in [0.5, 0.6) is 0 Å². The number of nitriles is 1. The molecular formula is C12H13N5OS. The summed E-state index contributed by atoms with van der Waals surface area (Å²) in [4.78, 5) is 8.59. The van der Waals surface area contributed by atoms with Crippen molar-refractivity contribution in [3.63, 3.8) is 0 Å². The lowest BCUT2D eigenvalue weighted by Crippen LogP contribution is -2.12. The maximum atomic E-state index is 8.95. The molecule has 0 spiro atoms. The van der Waals surface area contributed by atoms with Crippen LogP contribution >= 0.6 is 11.8 Å². The first kappa shape index (κ1) is 13.4. The van der Waals surface area contributed by atoms with Crippen molar-refractivity contribution < 1.29 is 5.11 Å². The molecule has 98 valence electrons. The Labute approximate surface area is 114 Å². The van der Waals surface area contributed by atoms with E-state index in [9.17, 15) is 0 Å². The Bertz CT molecular complexity index is 643. The number of nitrogens with one attached hydrogen (secondary N) is 1. The maximum Gasteiger partial charge on any atom is 0.183 e. The third-order valence-corrected chi connectivity index (χ3v) is 3.11. The number of rotatable bonds is 3. The first-order valence-electron chi connectivity index (χ1n) is 5.62. The summed E-state index contributed by atoms with van der Waals surface area (Å²) in [6, 6.07) is 5.60. The summed E-state index contributed by atoms with van der Waals surface area (Å²) in [5, 5.41) is 20.6. The zero-order valence-corrected chi connectivity index (χ0v) is 11.2. The zero-order chi connectivity index (χ0) is 13.7. The van der Waals surface area contributed by atoms with E-state index in [0.717, 1.165) is 16.7 Å². The van der Waals surface area contributed by atoms with E-state index in [1.165, 1.54) is 11.8 Å². The van der Waals surface area contributed by atoms with Gasteiger partial charge >= 0.3 is 0 Å². The molecule has 0 saturated heterocycles. The van der Waals surface area contributed by atoms with Crippen LogP contribution in [0.1, 0.15) is 0 Å². The van der Waals surface area contributed by atoms with Gasteiger partial charge in [-0.3, -0.25) is 5.32 Å². The number of thioether (sulfide) groups is 1. The number of fused-ring (bicyclic) bond motifs is 1. The Balaban J connectivity index is 2.35. The van der Waals surface area contributed by atoms with Crippen LogP contribution < -0.4 is 5.32 Å². The predicted octanol–water partition coefficient (Wildman–Crippen LogP) is 1.45. The standard InChI is InChI=1S/C12H13N5OS/c1-19-12(14-7-13)16-9-2-3-11-10(6-9)15-8-17(11)4-5-18/h2-3,6,8,18H,4-5H2,1H3,(H,14,16). The lowest BCUT2D eigenvalue weighted by molar-refractivity contribution is 0.278. The van der Waals surface area contributed by atoms with Gasteiger partial charge in [-0.2, -0.15) is 5.26 Å². The first-order chi connectivity index (χ1) is 9.28. The quantitative estimate of drug-likeness (QED) is 0.383. The molecule has 1 aromatic heterocycles. The summed E-state index contributed by atoms with van der Waals surface area (Å²) in [5.41, 5.74) is 2.49. The van der Waals surface area contributed by atoms with Crippen LogP contribution in [0.15, 0.2) is 29.5 Å². The highest BCUT2D eigenvalue weighted by Gasteiger charge is 2.04. The Morgan fingerprint density at radius 1 is 1.63 bits per heavy atom. The van der Waals surface area contributed by atoms with Crippen LogP contribution in [0.25, 0.3) is 11.0 Å². The van der Waals surface area contributed by atoms with Crippen LogP contribution in [0, 0.1) is 11.5 Å². The van der Waals surface area contributed by atoms with Crippen molar-refractivity contribution in [2.45, 2.75) is 6.54 Å². The number of imidazole rings is 1. The molecule has 0 radical (unpaired) electrons. The highest BCUT2D eigenvalue weighted by molar-refractivity contribution is 8.13. The molecule has 1 aromatic carbocycles. The van der Waals surface area contributed by atoms with Crippen molar-refractivity contribution >= 4 is 33.7 Å². The van der Waals surface area contributed by atoms with Crippen molar-refractivity contribution in [3.05, 3.63) is 24.5 Å². The second-order valence-electron chi connectivity index (χ2n) is 3.69. The summed E-state index contributed by atoms with van der Waals surface area (Å²) >= 11 is 1.37. The van der Waals surface area contributed by atoms with Gasteiger partial charge in [0, 0.05) is 6.54 Å². The predicted molar refractivity (Wildman–Crippen MR) is 76.2 cm³/mol. The van der Waals surface area contributed by atoms with Gasteiger partial charge in [0.15, 0.2) is 11.4 Å². The molecule has 0 aliphatic heterocycles. The van der Waals surface area contributed by atoms with Gasteiger partial charge < -0.3 is 9.67 Å². The van der Waals surface area contributed by atoms with Crippen LogP contribution in [0.4, 0.5) is 5.69 Å². The molecule has 19 heavy (non-hydrogen) atoms. The van der Waals surface area contributed by atoms with Gasteiger partial charge in [-0.15, -0.1) is 0 Å². The van der Waals surface area contributed by atoms with Gasteiger partial charge in [0.05, 0.1) is 29.7 Å². The minimum Gasteiger partial charge on any atom is -0.395 e. The van der Waals surface area contributed by atoms with Crippen molar-refractivity contribution in [3.8, 4) is 6.19 Å². The van der Waals surface area contributed by atoms with E-state index in [-0.39, 0.29) is 6.61 Å². The Kier molecular flexibility index (Phi) is 4.39. The van der Waals surface area contributed by atoms with E-state index in [4.69, 9.17) is 10.4 Å². The summed E-state index contributed by atoms with van der Waals surface area (Å²) in [6.07, 6.45) is 5.38. The molecule has 0 aliphatic carbocycles. The zero-order valence-electron chi connectivity index (χ0n) is 10.4. The third-order valence-electron chi connectivity index (χ3n) is 2.53. The minimum absolute atomic E-state index is 0.0775. The number of nitrogens with zero attached hydrogens (tertiary/aromatic N) is 4. The Morgan fingerprint density at radius 3 is 3.16 bits per heavy atom. The smallest absolute Gasteiger partial charge is 0.183 e. The molecule has 1 heterocycles. The lowest BCUT2D eigenvalue weighted by atomic mass is 10.3. The summed E-state index contributed by atoms with van der Waals surface area (Å²) in [5.74, 6) is 0. The van der Waals surface area contributed by atoms with Crippen molar-refractivity contribution in [1.29, 1.82) is 5.26 Å². The Hall–Kier alpha value is -2.04. The fraction of sp³-hybridized carbons (Fsp3) is 0.250. The van der Waals surface area contributed by atoms with E-state index in [1.807, 2.05) is 35.2 Å². The van der Waals surface area contributed by atoms with Crippen molar-refractivity contribution in [2.75, 3.05) is 12.9 Å². The third kappa shape index (κ3) is 3.05. The average molecular weight is 275 g/mol. The van der Waals surface area contributed by atoms with Gasteiger partial charge in [-0.05, 0) is 24.5 Å². The van der Waals surface area contributed by atoms with Crippen LogP contribution in [-0.4, -0.2) is 32.7 Å². The van der Waals surface area contributed by atoms with Crippen LogP contribution in [-0.2, 0) is 6.54 Å². The molecule has 0 aliphatic rings. The summed E-state index contributed by atoms with van der Waals surface area (Å²) in [7, 11) is 0. The van der Waals surface area contributed by atoms with E-state index >= 15 is 0 Å². The number of benzene rings is 1. The van der Waals surface area contributed by atoms with E-state index < -0.39 is 0 Å². The molecule has 2 N–H and O–H groups in total. The number of hydrogen-bond acceptors (Lipinski definition) is 5. The van der Waals surface area contributed by atoms with E-state index in [1.54, 1.807) is 6.33 Å². The number of amidine groups is 1. The number of hydrogen-bond donors (Lipinski definition) is 2. The molecule has 7 heteroatoms. The molecule has 2 rings (SSSR count). The van der Waals surface area contributed by atoms with Gasteiger partial charge in [0.2, 0.25) is 0 Å². The fourth-order valence-electron chi connectivity index (χ4n) is 1.70. The molecule has 0 bridgehead atoms. The van der Waals surface area contributed by atoms with Crippen molar-refractivity contribution in [1.82, 2.24) is 14.9 Å². The highest BCUT2D eigenvalue weighted by atomic mass is 32.2. The summed E-state index contributed by atoms with van der Waals surface area (Å²) < 4.78 is 1.88. The molecule has 0 fully saturated rings. The first-order valence-corrected chi connectivity index (χ1v) is 6.84. The molecule has 0 saturated carbocycles. The van der Waals surface area contributed by atoms with Crippen molar-refractivity contribution in [2.24, 2.45) is 4.99 Å². The normalized spacial score (nSPS) is 11.5. The molecule has 2 aromatic rings. The molecule has 0 amide bonds. The largest absolute Gasteiger partial charge is 0.395 e. The van der Waals surface area contributed by atoms with Gasteiger partial charge in [0.25, 0.3) is 0 Å². The van der Waals surface area contributed by atoms with E-state index in [2.05, 4.69) is 15.3 Å². The molecule has 0 unspecified atom stereocenters. The number of aliphatic hydroxyl groups is 1. The molecule has 6 nitrogen and oxygen atoms in total. The molecule has 0 atom stereocenters. The SMILES string of the molecule is CSC(=Nc1ccc2c(c1)ncn2CCO)NC#N. The number of aromatic nitrogens is 2. The fourth-order valence-corrected chi connectivity index (χ4v) is 2.04. The second kappa shape index (κ2) is 6.22. The maximum absolute atomic E-state index is 8.95. The lowest BCUT2D eigenvalue weighted by Gasteiger charge is -2.02. The molecular weight excluding hydrogens is 262 g/mol. The van der Waals surface area contributed by atoms with Crippen LogP contribution in [0.3, 0.4) is 0 Å². The average Bonchev–Trinajstić information content (AvgIpc) is 2.81. The van der Waals surface area contributed by atoms with E-state index in [0.29, 0.717) is 11.7 Å². The monoisotopic (exact) mass is 275 g/mol. The second-order valence-corrected chi connectivity index (χ2v) is 4.49.